The number of rotatable bonds is 5. The van der Waals surface area contributed by atoms with Gasteiger partial charge in [-0.1, -0.05) is 35.3 Å². The molecule has 6 nitrogen and oxygen atoms in total. The second-order valence-electron chi connectivity index (χ2n) is 11.1. The van der Waals surface area contributed by atoms with E-state index >= 15 is 4.39 Å². The minimum absolute atomic E-state index is 0.00313. The number of carbonyl (C=O) groups excluding carboxylic acids is 1. The number of hydrogen-bond acceptors (Lipinski definition) is 5. The molecule has 3 fully saturated rings. The largest absolute Gasteiger partial charge is 0.444 e. The van der Waals surface area contributed by atoms with Crippen LogP contribution >= 0.6 is 45.8 Å². The van der Waals surface area contributed by atoms with Gasteiger partial charge < -0.3 is 15.0 Å². The van der Waals surface area contributed by atoms with Crippen LogP contribution in [0.2, 0.25) is 10.0 Å². The number of halogens is 4. The van der Waals surface area contributed by atoms with Gasteiger partial charge in [-0.05, 0) is 80.8 Å². The molecule has 3 atom stereocenters. The third kappa shape index (κ3) is 5.14. The van der Waals surface area contributed by atoms with E-state index in [0.29, 0.717) is 45.8 Å². The van der Waals surface area contributed by atoms with Gasteiger partial charge in [-0.15, -0.1) is 0 Å². The van der Waals surface area contributed by atoms with E-state index in [-0.39, 0.29) is 41.1 Å². The van der Waals surface area contributed by atoms with Crippen LogP contribution in [0.1, 0.15) is 44.9 Å². The molecule has 6 rings (SSSR count). The first kappa shape index (κ1) is 28.2. The van der Waals surface area contributed by atoms with Crippen LogP contribution in [-0.4, -0.2) is 40.2 Å². The van der Waals surface area contributed by atoms with Crippen LogP contribution in [0.5, 0.6) is 0 Å². The Bertz CT molecular complexity index is 1530. The van der Waals surface area contributed by atoms with Crippen LogP contribution < -0.4 is 5.32 Å². The Hall–Kier alpha value is -2.35. The maximum atomic E-state index is 16.4. The highest BCUT2D eigenvalue weighted by Gasteiger charge is 2.55. The van der Waals surface area contributed by atoms with E-state index in [1.165, 1.54) is 0 Å². The molecule has 3 aromatic rings. The average Bonchev–Trinajstić information content (AvgIpc) is 3.46. The number of pyridine rings is 1. The molecule has 3 heterocycles. The minimum Gasteiger partial charge on any atom is -0.444 e. The van der Waals surface area contributed by atoms with Crippen LogP contribution in [0.25, 0.3) is 22.0 Å². The molecule has 0 spiro atoms. The van der Waals surface area contributed by atoms with Crippen molar-refractivity contribution in [2.75, 3.05) is 11.9 Å². The molecule has 2 bridgehead atoms. The van der Waals surface area contributed by atoms with Crippen LogP contribution in [0, 0.1) is 33.6 Å². The van der Waals surface area contributed by atoms with Gasteiger partial charge in [0.2, 0.25) is 0 Å². The van der Waals surface area contributed by atoms with E-state index < -0.39 is 11.4 Å². The Balaban J connectivity index is 1.59. The van der Waals surface area contributed by atoms with E-state index in [1.54, 1.807) is 23.1 Å². The number of aryl methyl sites for hydroxylation is 2. The fourth-order valence-corrected chi connectivity index (χ4v) is 6.52. The zero-order valence-electron chi connectivity index (χ0n) is 22.0. The van der Waals surface area contributed by atoms with Gasteiger partial charge in [0.05, 0.1) is 43.1 Å². The molecular formula is C29H28Cl2FIN4O2. The van der Waals surface area contributed by atoms with Crippen LogP contribution in [0.4, 0.5) is 14.9 Å². The first-order chi connectivity index (χ1) is 18.4. The van der Waals surface area contributed by atoms with Crippen LogP contribution in [0.3, 0.4) is 0 Å². The second kappa shape index (κ2) is 10.6. The van der Waals surface area contributed by atoms with Crippen molar-refractivity contribution < 1.29 is 13.9 Å². The van der Waals surface area contributed by atoms with Crippen molar-refractivity contribution in [3.05, 3.63) is 55.0 Å². The highest BCUT2D eigenvalue weighted by Crippen LogP contribution is 2.46. The average molecular weight is 681 g/mol. The summed E-state index contributed by atoms with van der Waals surface area (Å²) in [5.41, 5.74) is 2.55. The number of carbonyl (C=O) groups is 1. The van der Waals surface area contributed by atoms with Gasteiger partial charge in [-0.2, -0.15) is 5.26 Å². The highest BCUT2D eigenvalue weighted by molar-refractivity contribution is 14.1. The number of hydrogen-bond donors (Lipinski definition) is 1. The summed E-state index contributed by atoms with van der Waals surface area (Å²) in [6.07, 6.45) is 1.14. The number of nitriles is 1. The summed E-state index contributed by atoms with van der Waals surface area (Å²) < 4.78 is 22.9. The van der Waals surface area contributed by atoms with E-state index in [0.717, 1.165) is 15.7 Å². The van der Waals surface area contributed by atoms with Crippen LogP contribution in [0.15, 0.2) is 24.3 Å². The first-order valence-electron chi connectivity index (χ1n) is 12.8. The Morgan fingerprint density at radius 1 is 1.36 bits per heavy atom. The molecule has 0 radical (unpaired) electrons. The Morgan fingerprint density at radius 2 is 2.10 bits per heavy atom. The number of anilines is 1. The third-order valence-electron chi connectivity index (χ3n) is 7.37. The van der Waals surface area contributed by atoms with Crippen molar-refractivity contribution in [1.29, 1.82) is 5.26 Å². The summed E-state index contributed by atoms with van der Waals surface area (Å²) in [6.45, 7) is 8.05. The summed E-state index contributed by atoms with van der Waals surface area (Å²) in [5.74, 6) is -0.228. The number of amides is 1. The quantitative estimate of drug-likeness (QED) is 0.275. The van der Waals surface area contributed by atoms with Crippen molar-refractivity contribution in [2.24, 2.45) is 5.92 Å². The summed E-state index contributed by atoms with van der Waals surface area (Å²) >= 11 is 15.0. The monoisotopic (exact) mass is 680 g/mol. The molecule has 1 amide bonds. The lowest BCUT2D eigenvalue weighted by molar-refractivity contribution is 0.0239. The Kier molecular flexibility index (Phi) is 7.64. The zero-order valence-corrected chi connectivity index (χ0v) is 25.7. The van der Waals surface area contributed by atoms with E-state index in [1.807, 2.05) is 33.8 Å². The van der Waals surface area contributed by atoms with Gasteiger partial charge >= 0.3 is 6.09 Å². The lowest BCUT2D eigenvalue weighted by atomic mass is 9.79. The Labute approximate surface area is 250 Å². The number of nitrogens with zero attached hydrogens (tertiary/aromatic N) is 3. The molecule has 204 valence electrons. The number of nitrogens with one attached hydrogen (secondary N) is 1. The molecule has 2 aromatic carbocycles. The molecule has 1 aromatic heterocycles. The van der Waals surface area contributed by atoms with Crippen molar-refractivity contribution in [2.45, 2.75) is 64.6 Å². The first-order valence-corrected chi connectivity index (χ1v) is 14.6. The van der Waals surface area contributed by atoms with E-state index in [4.69, 9.17) is 27.9 Å². The molecule has 2 saturated heterocycles. The summed E-state index contributed by atoms with van der Waals surface area (Å²) in [6, 6.07) is 9.19. The SMILES string of the molecule is Cc1nc2c(F)c(-c3cccc(Cl)c3Cl)c(CCC#N)cc2c(N[C@H]2[C@@H]3C[C@H]2N(C(=O)OC(C)(C)C)C3)c1I. The molecule has 39 heavy (non-hydrogen) atoms. The lowest BCUT2D eigenvalue weighted by Gasteiger charge is -2.38. The summed E-state index contributed by atoms with van der Waals surface area (Å²) in [7, 11) is 0. The van der Waals surface area contributed by atoms with Gasteiger partial charge in [-0.3, -0.25) is 0 Å². The molecule has 1 N–H and O–H groups in total. The summed E-state index contributed by atoms with van der Waals surface area (Å²) in [4.78, 5) is 19.2. The van der Waals surface area contributed by atoms with Crippen molar-refractivity contribution >= 4 is 68.5 Å². The van der Waals surface area contributed by atoms with Gasteiger partial charge in [0.25, 0.3) is 0 Å². The van der Waals surface area contributed by atoms with Crippen molar-refractivity contribution in [1.82, 2.24) is 9.88 Å². The maximum Gasteiger partial charge on any atom is 0.410 e. The van der Waals surface area contributed by atoms with Crippen molar-refractivity contribution in [3.8, 4) is 17.2 Å². The molecule has 10 heteroatoms. The minimum atomic E-state index is -0.568. The fourth-order valence-electron chi connectivity index (χ4n) is 5.56. The van der Waals surface area contributed by atoms with Crippen molar-refractivity contribution in [3.63, 3.8) is 0 Å². The molecule has 2 aliphatic heterocycles. The van der Waals surface area contributed by atoms with Crippen LogP contribution in [-0.2, 0) is 11.2 Å². The van der Waals surface area contributed by atoms with Gasteiger partial charge in [-0.25, -0.2) is 14.2 Å². The third-order valence-corrected chi connectivity index (χ3v) is 9.51. The van der Waals surface area contributed by atoms with Gasteiger partial charge in [0.15, 0.2) is 5.82 Å². The molecule has 1 saturated carbocycles. The number of benzene rings is 2. The fraction of sp³-hybridized carbons (Fsp3) is 0.414. The standard InChI is InChI=1S/C29H28Cl2FIN4O2/c1-14-24(33)27(36-25-16-12-20(25)37(13-16)28(38)39-29(2,3)4)18-11-15(7-6-10-34)21(23(32)26(18)35-14)17-8-5-9-19(30)22(17)31/h5,8-9,11,16,20,25H,6-7,12-13H2,1-4H3,(H,35,36)/t16-,20-,25+/m1/s1. The topological polar surface area (TPSA) is 78.3 Å². The number of ether oxygens (including phenoxy) is 1. The lowest BCUT2D eigenvalue weighted by Crippen LogP contribution is -2.50. The predicted octanol–water partition coefficient (Wildman–Crippen LogP) is 8.14. The number of aromatic nitrogens is 1. The molecule has 1 aliphatic carbocycles. The van der Waals surface area contributed by atoms with Gasteiger partial charge in [0, 0.05) is 35.4 Å². The summed E-state index contributed by atoms with van der Waals surface area (Å²) in [5, 5.41) is 14.2. The normalized spacial score (nSPS) is 20.1. The number of fused-ring (bicyclic) bond motifs is 2. The molecule has 3 aliphatic rings. The maximum absolute atomic E-state index is 16.4. The van der Waals surface area contributed by atoms with E-state index in [9.17, 15) is 10.1 Å². The zero-order chi connectivity index (χ0) is 28.2. The highest BCUT2D eigenvalue weighted by atomic mass is 127. The second-order valence-corrected chi connectivity index (χ2v) is 13.0. The smallest absolute Gasteiger partial charge is 0.410 e. The Morgan fingerprint density at radius 3 is 2.79 bits per heavy atom. The molecular weight excluding hydrogens is 653 g/mol. The predicted molar refractivity (Wildman–Crippen MR) is 161 cm³/mol. The van der Waals surface area contributed by atoms with Gasteiger partial charge in [0.1, 0.15) is 11.1 Å². The van der Waals surface area contributed by atoms with E-state index in [2.05, 4.69) is 39.0 Å². The molecule has 0 unspecified atom stereocenters.